The zero-order chi connectivity index (χ0) is 40.1. The lowest BCUT2D eigenvalue weighted by molar-refractivity contribution is 0.488. The number of benzene rings is 10. The fraction of sp³-hybridized carbons (Fsp3) is 0.0169. The topological polar surface area (TPSA) is 12.5 Å². The van der Waals surface area contributed by atoms with Gasteiger partial charge in [0.15, 0.2) is 0 Å². The van der Waals surface area contributed by atoms with E-state index in [-0.39, 0.29) is 0 Å². The van der Waals surface area contributed by atoms with Crippen LogP contribution in [0.2, 0.25) is 0 Å². The molecule has 0 unspecified atom stereocenters. The van der Waals surface area contributed by atoms with Crippen molar-refractivity contribution in [2.45, 2.75) is 5.41 Å². The Balaban J connectivity index is 1.11. The Morgan fingerprint density at radius 3 is 1.59 bits per heavy atom. The van der Waals surface area contributed by atoms with E-state index in [1.807, 2.05) is 0 Å². The molecule has 0 N–H and O–H groups in total. The fourth-order valence-corrected chi connectivity index (χ4v) is 10.8. The molecule has 0 bridgehead atoms. The lowest BCUT2D eigenvalue weighted by atomic mass is 9.70. The first kappa shape index (κ1) is 34.0. The van der Waals surface area contributed by atoms with Crippen LogP contribution in [0.25, 0.3) is 66.4 Å². The summed E-state index contributed by atoms with van der Waals surface area (Å²) in [4.78, 5) is 2.46. The maximum atomic E-state index is 7.02. The summed E-state index contributed by atoms with van der Waals surface area (Å²) < 4.78 is 7.02. The Hall–Kier alpha value is -7.94. The van der Waals surface area contributed by atoms with E-state index in [0.717, 1.165) is 45.3 Å². The summed E-state index contributed by atoms with van der Waals surface area (Å²) in [5.74, 6) is 1.68. The maximum Gasteiger partial charge on any atom is 0.137 e. The van der Waals surface area contributed by atoms with Crippen molar-refractivity contribution < 1.29 is 4.74 Å². The molecule has 284 valence electrons. The lowest BCUT2D eigenvalue weighted by Crippen LogP contribution is -2.26. The molecule has 0 saturated carbocycles. The summed E-state index contributed by atoms with van der Waals surface area (Å²) in [7, 11) is 0. The number of rotatable bonds is 4. The number of ether oxygens (including phenoxy) is 1. The van der Waals surface area contributed by atoms with E-state index in [0.29, 0.717) is 0 Å². The monoisotopic (exact) mass is 775 g/mol. The third-order valence-corrected chi connectivity index (χ3v) is 13.3. The molecule has 2 aliphatic carbocycles. The molecule has 3 aliphatic rings. The van der Waals surface area contributed by atoms with Crippen molar-refractivity contribution in [3.63, 3.8) is 0 Å². The fourth-order valence-electron chi connectivity index (χ4n) is 10.8. The highest BCUT2D eigenvalue weighted by Crippen LogP contribution is 2.64. The summed E-state index contributed by atoms with van der Waals surface area (Å²) in [5.41, 5.74) is 20.0. The SMILES string of the molecule is c1ccc(-c2ccc(N(c3ccc4c(c3)C3(c5ccccc5-c5ccccc53)c3ccccc3-4)c3cccc4c3-c3c(ccc5ccccc35)-c3ccccc3O4)cc2)cc1. The molecule has 0 fully saturated rings. The minimum atomic E-state index is -0.473. The van der Waals surface area contributed by atoms with Crippen molar-refractivity contribution in [3.8, 4) is 67.1 Å². The predicted molar refractivity (Wildman–Crippen MR) is 251 cm³/mol. The van der Waals surface area contributed by atoms with Crippen LogP contribution < -0.4 is 9.64 Å². The maximum absolute atomic E-state index is 7.02. The summed E-state index contributed by atoms with van der Waals surface area (Å²) in [6, 6.07) is 82.2. The van der Waals surface area contributed by atoms with Gasteiger partial charge in [0.1, 0.15) is 11.5 Å². The Morgan fingerprint density at radius 1 is 0.328 bits per heavy atom. The first-order valence-electron chi connectivity index (χ1n) is 21.1. The van der Waals surface area contributed by atoms with Crippen molar-refractivity contribution in [1.82, 2.24) is 0 Å². The van der Waals surface area contributed by atoms with E-state index >= 15 is 0 Å². The molecule has 0 atom stereocenters. The third kappa shape index (κ3) is 4.79. The van der Waals surface area contributed by atoms with E-state index in [1.165, 1.54) is 72.0 Å². The van der Waals surface area contributed by atoms with Gasteiger partial charge in [-0.1, -0.05) is 182 Å². The molecule has 0 saturated heterocycles. The summed E-state index contributed by atoms with van der Waals surface area (Å²) in [6.45, 7) is 0. The number of hydrogen-bond donors (Lipinski definition) is 0. The van der Waals surface area contributed by atoms with Crippen molar-refractivity contribution in [2.24, 2.45) is 0 Å². The van der Waals surface area contributed by atoms with Crippen molar-refractivity contribution >= 4 is 27.8 Å². The van der Waals surface area contributed by atoms with E-state index in [2.05, 4.69) is 229 Å². The second-order valence-corrected chi connectivity index (χ2v) is 16.3. The average Bonchev–Trinajstić information content (AvgIpc) is 3.73. The van der Waals surface area contributed by atoms with Crippen LogP contribution in [0.1, 0.15) is 22.3 Å². The van der Waals surface area contributed by atoms with Crippen LogP contribution in [-0.2, 0) is 5.41 Å². The molecule has 1 spiro atoms. The smallest absolute Gasteiger partial charge is 0.137 e. The Labute approximate surface area is 355 Å². The molecular formula is C59H37NO. The minimum absolute atomic E-state index is 0.473. The second kappa shape index (κ2) is 13.0. The van der Waals surface area contributed by atoms with Gasteiger partial charge in [-0.2, -0.15) is 0 Å². The van der Waals surface area contributed by atoms with Crippen LogP contribution in [0.4, 0.5) is 17.1 Å². The summed E-state index contributed by atoms with van der Waals surface area (Å²) in [5, 5.41) is 2.38. The zero-order valence-electron chi connectivity index (χ0n) is 33.2. The van der Waals surface area contributed by atoms with Gasteiger partial charge in [0.25, 0.3) is 0 Å². The van der Waals surface area contributed by atoms with Crippen LogP contribution in [0.3, 0.4) is 0 Å². The molecule has 1 aliphatic heterocycles. The highest BCUT2D eigenvalue weighted by Gasteiger charge is 2.51. The Morgan fingerprint density at radius 2 is 0.869 bits per heavy atom. The zero-order valence-corrected chi connectivity index (χ0v) is 33.2. The van der Waals surface area contributed by atoms with E-state index < -0.39 is 5.41 Å². The minimum Gasteiger partial charge on any atom is -0.456 e. The van der Waals surface area contributed by atoms with Gasteiger partial charge in [0.05, 0.1) is 11.1 Å². The molecule has 0 radical (unpaired) electrons. The van der Waals surface area contributed by atoms with Crippen LogP contribution in [0, 0.1) is 0 Å². The molecule has 10 aromatic rings. The molecule has 10 aromatic carbocycles. The number of hydrogen-bond acceptors (Lipinski definition) is 2. The molecule has 2 heteroatoms. The van der Waals surface area contributed by atoms with Gasteiger partial charge in [-0.05, 0) is 114 Å². The number of anilines is 3. The predicted octanol–water partition coefficient (Wildman–Crippen LogP) is 15.8. The molecule has 13 rings (SSSR count). The van der Waals surface area contributed by atoms with Gasteiger partial charge in [0, 0.05) is 28.1 Å². The molecule has 0 amide bonds. The van der Waals surface area contributed by atoms with Crippen LogP contribution in [0.5, 0.6) is 11.5 Å². The highest BCUT2D eigenvalue weighted by molar-refractivity contribution is 6.11. The van der Waals surface area contributed by atoms with E-state index in [1.54, 1.807) is 0 Å². The van der Waals surface area contributed by atoms with E-state index in [4.69, 9.17) is 4.74 Å². The van der Waals surface area contributed by atoms with Crippen molar-refractivity contribution in [3.05, 3.63) is 247 Å². The summed E-state index contributed by atoms with van der Waals surface area (Å²) in [6.07, 6.45) is 0. The largest absolute Gasteiger partial charge is 0.456 e. The Bertz CT molecular complexity index is 3340. The normalized spacial score (nSPS) is 13.2. The third-order valence-electron chi connectivity index (χ3n) is 13.3. The quantitative estimate of drug-likeness (QED) is 0.177. The molecule has 2 nitrogen and oxygen atoms in total. The van der Waals surface area contributed by atoms with Gasteiger partial charge >= 0.3 is 0 Å². The summed E-state index contributed by atoms with van der Waals surface area (Å²) >= 11 is 0. The van der Waals surface area contributed by atoms with E-state index in [9.17, 15) is 0 Å². The average molecular weight is 776 g/mol. The van der Waals surface area contributed by atoms with Gasteiger partial charge < -0.3 is 9.64 Å². The molecule has 0 aromatic heterocycles. The number of para-hydroxylation sites is 1. The van der Waals surface area contributed by atoms with Gasteiger partial charge in [-0.3, -0.25) is 0 Å². The van der Waals surface area contributed by atoms with Crippen LogP contribution in [-0.4, -0.2) is 0 Å². The number of nitrogens with zero attached hydrogens (tertiary/aromatic N) is 1. The van der Waals surface area contributed by atoms with Crippen LogP contribution in [0.15, 0.2) is 224 Å². The van der Waals surface area contributed by atoms with Crippen LogP contribution >= 0.6 is 0 Å². The lowest BCUT2D eigenvalue weighted by Gasteiger charge is -2.33. The standard InChI is InChI=1S/C59H37NO/c1-2-15-38(16-3-1)39-29-32-41(33-30-39)60(54-26-14-28-56-58(54)57-43-18-5-4-17-40(43)31-35-49(57)48-22-9-13-27-55(48)61-56)42-34-36-47-46-21-8-12-25-52(46)59(53(47)37-42)50-23-10-6-19-44(50)45-20-7-11-24-51(45)59/h1-37H. The van der Waals surface area contributed by atoms with Gasteiger partial charge in [-0.15, -0.1) is 0 Å². The molecular weight excluding hydrogens is 739 g/mol. The van der Waals surface area contributed by atoms with Crippen molar-refractivity contribution in [1.29, 1.82) is 0 Å². The van der Waals surface area contributed by atoms with Gasteiger partial charge in [0.2, 0.25) is 0 Å². The first-order chi connectivity index (χ1) is 30.3. The Kier molecular flexibility index (Phi) is 7.26. The molecule has 61 heavy (non-hydrogen) atoms. The second-order valence-electron chi connectivity index (χ2n) is 16.3. The first-order valence-corrected chi connectivity index (χ1v) is 21.1. The van der Waals surface area contributed by atoms with Gasteiger partial charge in [-0.25, -0.2) is 0 Å². The number of fused-ring (bicyclic) bond motifs is 17. The highest BCUT2D eigenvalue weighted by atomic mass is 16.5. The van der Waals surface area contributed by atoms with Crippen molar-refractivity contribution in [2.75, 3.05) is 4.90 Å². The molecule has 1 heterocycles.